The van der Waals surface area contributed by atoms with Gasteiger partial charge in [0.1, 0.15) is 6.33 Å². The quantitative estimate of drug-likeness (QED) is 0.726. The number of rotatable bonds is 1. The number of hydrogen-bond acceptors (Lipinski definition) is 4. The molecule has 0 aliphatic rings. The van der Waals surface area contributed by atoms with Crippen molar-refractivity contribution >= 4 is 0 Å². The van der Waals surface area contributed by atoms with E-state index in [0.29, 0.717) is 11.4 Å². The van der Waals surface area contributed by atoms with Crippen LogP contribution in [0.4, 0.5) is 0 Å². The molecule has 0 aromatic carbocycles. The summed E-state index contributed by atoms with van der Waals surface area (Å²) in [6.45, 7) is 0. The van der Waals surface area contributed by atoms with Crippen LogP contribution in [0.1, 0.15) is 0 Å². The van der Waals surface area contributed by atoms with Crippen LogP contribution in [0, 0.1) is 6.07 Å². The summed E-state index contributed by atoms with van der Waals surface area (Å²) in [7, 11) is 0. The number of oxazole rings is 1. The molecule has 0 saturated heterocycles. The second-order valence-electron chi connectivity index (χ2n) is 1.89. The molecule has 12 heavy (non-hydrogen) atoms. The van der Waals surface area contributed by atoms with E-state index in [0.717, 1.165) is 0 Å². The van der Waals surface area contributed by atoms with Crippen LogP contribution in [0.25, 0.3) is 11.4 Å². The Bertz CT molecular complexity index is 322. The molecule has 0 atom stereocenters. The maximum atomic E-state index is 4.78. The molecule has 63 valence electrons. The monoisotopic (exact) mass is 339 g/mol. The summed E-state index contributed by atoms with van der Waals surface area (Å²) in [4.78, 5) is 11.6. The van der Waals surface area contributed by atoms with E-state index in [9.17, 15) is 0 Å². The van der Waals surface area contributed by atoms with E-state index in [1.807, 2.05) is 0 Å². The minimum Gasteiger partial charge on any atom is -0.472 e. The van der Waals surface area contributed by atoms with E-state index in [4.69, 9.17) is 4.42 Å². The molecular weight excluding hydrogens is 334 g/mol. The van der Waals surface area contributed by atoms with Crippen molar-refractivity contribution in [2.45, 2.75) is 0 Å². The van der Waals surface area contributed by atoms with Crippen LogP contribution >= 0.6 is 0 Å². The van der Waals surface area contributed by atoms with Gasteiger partial charge in [-0.25, -0.2) is 6.07 Å². The van der Waals surface area contributed by atoms with Gasteiger partial charge in [0.05, 0.1) is 0 Å². The molecule has 0 spiro atoms. The molecule has 0 N–H and O–H groups in total. The maximum Gasteiger partial charge on any atom is 0.160 e. The van der Waals surface area contributed by atoms with Crippen molar-refractivity contribution in [2.24, 2.45) is 0 Å². The average molecular weight is 338 g/mol. The third-order valence-electron chi connectivity index (χ3n) is 1.20. The van der Waals surface area contributed by atoms with Gasteiger partial charge in [0, 0.05) is 26.4 Å². The van der Waals surface area contributed by atoms with Crippen molar-refractivity contribution in [3.8, 4) is 11.4 Å². The van der Waals surface area contributed by atoms with Gasteiger partial charge in [-0.2, -0.15) is 0 Å². The van der Waals surface area contributed by atoms with Crippen LogP contribution < -0.4 is 0 Å². The van der Waals surface area contributed by atoms with E-state index in [2.05, 4.69) is 21.0 Å². The van der Waals surface area contributed by atoms with Crippen molar-refractivity contribution in [3.05, 3.63) is 31.2 Å². The molecule has 2 aromatic rings. The smallest absolute Gasteiger partial charge is 0.160 e. The molecule has 0 saturated carbocycles. The third-order valence-corrected chi connectivity index (χ3v) is 1.20. The molecule has 0 unspecified atom stereocenters. The van der Waals surface area contributed by atoms with Crippen LogP contribution in [0.15, 0.2) is 29.6 Å². The van der Waals surface area contributed by atoms with E-state index >= 15 is 0 Å². The van der Waals surface area contributed by atoms with Gasteiger partial charge in [-0.3, -0.25) is 9.97 Å². The third kappa shape index (κ3) is 1.75. The number of nitrogens with zero attached hydrogens (tertiary/aromatic N) is 3. The first-order valence-electron chi connectivity index (χ1n) is 3.03. The van der Waals surface area contributed by atoms with Crippen molar-refractivity contribution in [1.29, 1.82) is 0 Å². The predicted octanol–water partition coefficient (Wildman–Crippen LogP) is 0.929. The molecule has 2 heterocycles. The Hall–Kier alpha value is -1.06. The van der Waals surface area contributed by atoms with Gasteiger partial charge in [-0.15, -0.1) is 0 Å². The van der Waals surface area contributed by atoms with Gasteiger partial charge in [-0.1, -0.05) is 11.9 Å². The molecule has 5 heteroatoms. The summed E-state index contributed by atoms with van der Waals surface area (Å²) >= 11 is 0. The molecular formula is C7H4IrN3O-. The minimum atomic E-state index is 0. The Labute approximate surface area is 82.4 Å². The van der Waals surface area contributed by atoms with Gasteiger partial charge in [0.25, 0.3) is 0 Å². The van der Waals surface area contributed by atoms with Gasteiger partial charge >= 0.3 is 0 Å². The summed E-state index contributed by atoms with van der Waals surface area (Å²) in [5, 5.41) is 0. The van der Waals surface area contributed by atoms with Crippen molar-refractivity contribution in [2.75, 3.05) is 0 Å². The van der Waals surface area contributed by atoms with E-state index in [-0.39, 0.29) is 20.1 Å². The van der Waals surface area contributed by atoms with Crippen LogP contribution in [-0.2, 0) is 20.1 Å². The van der Waals surface area contributed by atoms with Crippen LogP contribution in [0.2, 0.25) is 0 Å². The van der Waals surface area contributed by atoms with Crippen LogP contribution in [0.5, 0.6) is 0 Å². The Morgan fingerprint density at radius 3 is 2.83 bits per heavy atom. The van der Waals surface area contributed by atoms with Crippen molar-refractivity contribution in [3.63, 3.8) is 0 Å². The van der Waals surface area contributed by atoms with E-state index in [1.54, 1.807) is 0 Å². The van der Waals surface area contributed by atoms with Crippen molar-refractivity contribution in [1.82, 2.24) is 15.0 Å². The maximum absolute atomic E-state index is 4.78. The normalized spacial score (nSPS) is 9.00. The Morgan fingerprint density at radius 2 is 2.25 bits per heavy atom. The van der Waals surface area contributed by atoms with E-state index < -0.39 is 0 Å². The van der Waals surface area contributed by atoms with E-state index in [1.165, 1.54) is 25.2 Å². The summed E-state index contributed by atoms with van der Waals surface area (Å²) in [5.74, 6) is 0. The second-order valence-corrected chi connectivity index (χ2v) is 1.89. The van der Waals surface area contributed by atoms with Gasteiger partial charge in [-0.05, 0) is 5.69 Å². The molecule has 1 radical (unpaired) electrons. The number of aromatic nitrogens is 3. The van der Waals surface area contributed by atoms with Gasteiger partial charge in [0.15, 0.2) is 6.39 Å². The van der Waals surface area contributed by atoms with Gasteiger partial charge in [0.2, 0.25) is 0 Å². The summed E-state index contributed by atoms with van der Waals surface area (Å²) in [6, 6.07) is 2.83. The molecule has 0 fully saturated rings. The summed E-state index contributed by atoms with van der Waals surface area (Å²) in [5.41, 5.74) is 1.32. The summed E-state index contributed by atoms with van der Waals surface area (Å²) < 4.78 is 4.78. The zero-order valence-corrected chi connectivity index (χ0v) is 8.29. The molecule has 2 rings (SSSR count). The fourth-order valence-electron chi connectivity index (χ4n) is 0.730. The molecule has 0 bridgehead atoms. The fourth-order valence-corrected chi connectivity index (χ4v) is 0.730. The topological polar surface area (TPSA) is 51.8 Å². The Balaban J connectivity index is 0.000000720. The van der Waals surface area contributed by atoms with Crippen LogP contribution in [0.3, 0.4) is 0 Å². The Morgan fingerprint density at radius 1 is 1.33 bits per heavy atom. The van der Waals surface area contributed by atoms with Gasteiger partial charge < -0.3 is 9.40 Å². The standard InChI is InChI=1S/C7H4N3O.Ir/c1-2-8-4-9-6(1)7-3-11-5-10-7;/h2-5H;/q-1;. The minimum absolute atomic E-state index is 0. The molecule has 0 amide bonds. The SMILES string of the molecule is [Ir].[c-]1cncnc1-c1cocn1. The zero-order chi connectivity index (χ0) is 7.52. The summed E-state index contributed by atoms with van der Waals surface area (Å²) in [6.07, 6.45) is 5.85. The predicted molar refractivity (Wildman–Crippen MR) is 36.4 cm³/mol. The average Bonchev–Trinajstić information content (AvgIpc) is 2.58. The Kier molecular flexibility index (Phi) is 3.08. The second kappa shape index (κ2) is 4.09. The first-order valence-corrected chi connectivity index (χ1v) is 3.03. The number of hydrogen-bond donors (Lipinski definition) is 0. The zero-order valence-electron chi connectivity index (χ0n) is 5.89. The molecule has 0 aliphatic heterocycles. The largest absolute Gasteiger partial charge is 0.472 e. The molecule has 0 aliphatic carbocycles. The fraction of sp³-hybridized carbons (Fsp3) is 0. The van der Waals surface area contributed by atoms with Crippen LogP contribution in [-0.4, -0.2) is 15.0 Å². The van der Waals surface area contributed by atoms with Crippen molar-refractivity contribution < 1.29 is 24.5 Å². The first-order chi connectivity index (χ1) is 5.47. The first kappa shape index (κ1) is 9.03. The molecule has 4 nitrogen and oxygen atoms in total. The molecule has 2 aromatic heterocycles.